The van der Waals surface area contributed by atoms with Gasteiger partial charge in [-0.25, -0.2) is 9.49 Å². The zero-order chi connectivity index (χ0) is 16.9. The van der Waals surface area contributed by atoms with E-state index in [9.17, 15) is 4.39 Å². The average molecular weight is 363 g/mol. The number of rotatable bonds is 5. The van der Waals surface area contributed by atoms with Crippen molar-refractivity contribution in [2.24, 2.45) is 5.10 Å². The lowest BCUT2D eigenvalue weighted by atomic mass is 10.2. The minimum atomic E-state index is -0.469. The van der Waals surface area contributed by atoms with Crippen molar-refractivity contribution in [3.63, 3.8) is 0 Å². The summed E-state index contributed by atoms with van der Waals surface area (Å²) < 4.78 is 21.0. The minimum absolute atomic E-state index is 0.152. The van der Waals surface area contributed by atoms with E-state index in [-0.39, 0.29) is 22.0 Å². The Bertz CT molecular complexity index is 903. The first-order chi connectivity index (χ1) is 11.6. The minimum Gasteiger partial charge on any atom is -0.486 e. The van der Waals surface area contributed by atoms with Gasteiger partial charge in [0.1, 0.15) is 18.2 Å². The third kappa shape index (κ3) is 3.69. The van der Waals surface area contributed by atoms with Crippen molar-refractivity contribution >= 4 is 30.0 Å². The van der Waals surface area contributed by atoms with Crippen molar-refractivity contribution in [3.8, 4) is 5.75 Å². The second-order valence-corrected chi connectivity index (χ2v) is 5.53. The fourth-order valence-corrected chi connectivity index (χ4v) is 2.36. The molecule has 0 bridgehead atoms. The van der Waals surface area contributed by atoms with E-state index in [1.54, 1.807) is 6.07 Å². The molecule has 8 heteroatoms. The Labute approximate surface area is 147 Å². The smallest absolute Gasteiger partial charge is 0.216 e. The maximum absolute atomic E-state index is 13.8. The quantitative estimate of drug-likeness (QED) is 0.547. The molecule has 3 rings (SSSR count). The summed E-state index contributed by atoms with van der Waals surface area (Å²) in [4.78, 5) is 0. The molecule has 3 aromatic rings. The number of para-hydroxylation sites is 1. The van der Waals surface area contributed by atoms with Crippen molar-refractivity contribution in [1.29, 1.82) is 0 Å². The van der Waals surface area contributed by atoms with Gasteiger partial charge in [0.2, 0.25) is 4.77 Å². The first-order valence-electron chi connectivity index (χ1n) is 6.97. The van der Waals surface area contributed by atoms with Crippen LogP contribution in [0.15, 0.2) is 53.6 Å². The third-order valence-corrected chi connectivity index (χ3v) is 3.72. The molecule has 1 N–H and O–H groups in total. The molecule has 0 radical (unpaired) electrons. The number of aromatic nitrogens is 3. The van der Waals surface area contributed by atoms with E-state index in [2.05, 4.69) is 15.3 Å². The SMILES string of the molecule is Fc1cccc(Cl)c1C=Nn1c(COc2ccccc2)n[nH]c1=S. The van der Waals surface area contributed by atoms with Crippen molar-refractivity contribution in [2.75, 3.05) is 0 Å². The maximum atomic E-state index is 13.8. The number of hydrogen-bond donors (Lipinski definition) is 1. The third-order valence-electron chi connectivity index (χ3n) is 3.13. The molecule has 122 valence electrons. The molecular weight excluding hydrogens is 351 g/mol. The van der Waals surface area contributed by atoms with Gasteiger partial charge in [-0.2, -0.15) is 14.9 Å². The fraction of sp³-hybridized carbons (Fsp3) is 0.0625. The molecule has 0 aliphatic carbocycles. The highest BCUT2D eigenvalue weighted by atomic mass is 35.5. The number of hydrogen-bond acceptors (Lipinski definition) is 4. The average Bonchev–Trinajstić information content (AvgIpc) is 2.94. The Morgan fingerprint density at radius 1 is 1.25 bits per heavy atom. The molecule has 0 fully saturated rings. The number of halogens is 2. The molecule has 0 saturated carbocycles. The van der Waals surface area contributed by atoms with Gasteiger partial charge in [0.25, 0.3) is 0 Å². The van der Waals surface area contributed by atoms with Gasteiger partial charge in [0, 0.05) is 5.56 Å². The van der Waals surface area contributed by atoms with Gasteiger partial charge in [-0.1, -0.05) is 35.9 Å². The summed E-state index contributed by atoms with van der Waals surface area (Å²) in [7, 11) is 0. The Morgan fingerprint density at radius 3 is 2.79 bits per heavy atom. The number of aromatic amines is 1. The lowest BCUT2D eigenvalue weighted by molar-refractivity contribution is 0.290. The molecular formula is C16H12ClFN4OS. The summed E-state index contributed by atoms with van der Waals surface area (Å²) in [5, 5.41) is 11.1. The van der Waals surface area contributed by atoms with Crippen LogP contribution in [0.3, 0.4) is 0 Å². The van der Waals surface area contributed by atoms with Gasteiger partial charge >= 0.3 is 0 Å². The van der Waals surface area contributed by atoms with E-state index in [1.165, 1.54) is 23.0 Å². The molecule has 2 aromatic carbocycles. The van der Waals surface area contributed by atoms with Crippen LogP contribution < -0.4 is 4.74 Å². The molecule has 0 aliphatic rings. The van der Waals surface area contributed by atoms with Crippen molar-refractivity contribution in [3.05, 3.63) is 75.5 Å². The molecule has 0 atom stereocenters. The van der Waals surface area contributed by atoms with Crippen LogP contribution in [0.4, 0.5) is 4.39 Å². The topological polar surface area (TPSA) is 55.2 Å². The number of nitrogens with zero attached hydrogens (tertiary/aromatic N) is 3. The number of H-pyrrole nitrogens is 1. The normalized spacial score (nSPS) is 11.1. The van der Waals surface area contributed by atoms with E-state index in [0.717, 1.165) is 0 Å². The van der Waals surface area contributed by atoms with Crippen LogP contribution in [-0.4, -0.2) is 21.1 Å². The Hall–Kier alpha value is -2.51. The zero-order valence-corrected chi connectivity index (χ0v) is 13.9. The van der Waals surface area contributed by atoms with Gasteiger partial charge in [-0.05, 0) is 36.5 Å². The van der Waals surface area contributed by atoms with Crippen LogP contribution >= 0.6 is 23.8 Å². The molecule has 1 heterocycles. The largest absolute Gasteiger partial charge is 0.486 e. The van der Waals surface area contributed by atoms with Crippen LogP contribution in [0.1, 0.15) is 11.4 Å². The Kier molecular flexibility index (Phi) is 5.02. The summed E-state index contributed by atoms with van der Waals surface area (Å²) in [6.45, 7) is 0.152. The lowest BCUT2D eigenvalue weighted by Crippen LogP contribution is -2.04. The van der Waals surface area contributed by atoms with Crippen molar-refractivity contribution < 1.29 is 9.13 Å². The monoisotopic (exact) mass is 362 g/mol. The summed E-state index contributed by atoms with van der Waals surface area (Å²) in [5.74, 6) is 0.676. The number of nitrogens with one attached hydrogen (secondary N) is 1. The predicted octanol–water partition coefficient (Wildman–Crippen LogP) is 4.19. The van der Waals surface area contributed by atoms with E-state index in [1.807, 2.05) is 30.3 Å². The van der Waals surface area contributed by atoms with Crippen LogP contribution in [-0.2, 0) is 6.61 Å². The van der Waals surface area contributed by atoms with E-state index in [4.69, 9.17) is 28.6 Å². The van der Waals surface area contributed by atoms with Crippen LogP contribution in [0, 0.1) is 10.6 Å². The molecule has 24 heavy (non-hydrogen) atoms. The van der Waals surface area contributed by atoms with Gasteiger partial charge < -0.3 is 4.74 Å². The molecule has 0 unspecified atom stereocenters. The maximum Gasteiger partial charge on any atom is 0.216 e. The lowest BCUT2D eigenvalue weighted by Gasteiger charge is -2.05. The van der Waals surface area contributed by atoms with Gasteiger partial charge in [-0.15, -0.1) is 0 Å². The molecule has 0 spiro atoms. The highest BCUT2D eigenvalue weighted by Gasteiger charge is 2.08. The van der Waals surface area contributed by atoms with E-state index >= 15 is 0 Å². The fourth-order valence-electron chi connectivity index (χ4n) is 1.95. The standard InChI is InChI=1S/C16H12ClFN4OS/c17-13-7-4-8-14(18)12(13)9-19-22-15(20-21-16(22)24)10-23-11-5-2-1-3-6-11/h1-9H,10H2,(H,21,24). The summed E-state index contributed by atoms with van der Waals surface area (Å²) in [6, 6.07) is 13.7. The summed E-state index contributed by atoms with van der Waals surface area (Å²) in [5.41, 5.74) is 0.178. The first kappa shape index (κ1) is 16.4. The number of benzene rings is 2. The molecule has 0 aliphatic heterocycles. The van der Waals surface area contributed by atoms with Gasteiger partial charge in [-0.3, -0.25) is 0 Å². The Balaban J connectivity index is 1.83. The summed E-state index contributed by atoms with van der Waals surface area (Å²) >= 11 is 11.1. The molecule has 0 amide bonds. The summed E-state index contributed by atoms with van der Waals surface area (Å²) in [6.07, 6.45) is 1.30. The second-order valence-electron chi connectivity index (χ2n) is 4.74. The van der Waals surface area contributed by atoms with Gasteiger partial charge in [0.05, 0.1) is 11.2 Å². The second kappa shape index (κ2) is 7.37. The van der Waals surface area contributed by atoms with E-state index in [0.29, 0.717) is 11.6 Å². The van der Waals surface area contributed by atoms with Crippen molar-refractivity contribution in [2.45, 2.75) is 6.61 Å². The molecule has 0 saturated heterocycles. The van der Waals surface area contributed by atoms with Crippen molar-refractivity contribution in [1.82, 2.24) is 14.9 Å². The predicted molar refractivity (Wildman–Crippen MR) is 92.6 cm³/mol. The van der Waals surface area contributed by atoms with Gasteiger partial charge in [0.15, 0.2) is 5.82 Å². The first-order valence-corrected chi connectivity index (χ1v) is 7.76. The molecule has 5 nitrogen and oxygen atoms in total. The highest BCUT2D eigenvalue weighted by molar-refractivity contribution is 7.71. The molecule has 1 aromatic heterocycles. The highest BCUT2D eigenvalue weighted by Crippen LogP contribution is 2.17. The van der Waals surface area contributed by atoms with E-state index < -0.39 is 5.82 Å². The number of ether oxygens (including phenoxy) is 1. The van der Waals surface area contributed by atoms with Crippen LogP contribution in [0.2, 0.25) is 5.02 Å². The van der Waals surface area contributed by atoms with Crippen LogP contribution in [0.25, 0.3) is 0 Å². The van der Waals surface area contributed by atoms with Crippen LogP contribution in [0.5, 0.6) is 5.75 Å². The zero-order valence-electron chi connectivity index (χ0n) is 12.3. The Morgan fingerprint density at radius 2 is 2.04 bits per heavy atom.